The number of hydrogen-bond donors (Lipinski definition) is 2. The molecule has 1 fully saturated rings. The number of carbonyl (C=O) groups is 1. The molecule has 0 bridgehead atoms. The standard InChI is InChI=1S/C15H22N2OS/c1-4-16-13-6-5-12(9-11(13)2)14(18)17-10-15(19-3)7-8-15/h5-6,9,16H,4,7-8,10H2,1-3H3,(H,17,18). The van der Waals surface area contributed by atoms with Crippen LogP contribution in [0.15, 0.2) is 18.2 Å². The number of anilines is 1. The Balaban J connectivity index is 1.97. The van der Waals surface area contributed by atoms with Crippen LogP contribution in [-0.2, 0) is 0 Å². The monoisotopic (exact) mass is 278 g/mol. The van der Waals surface area contributed by atoms with E-state index in [0.717, 1.165) is 29.9 Å². The minimum absolute atomic E-state index is 0.0338. The molecule has 0 heterocycles. The molecular formula is C15H22N2OS. The Morgan fingerprint density at radius 2 is 2.16 bits per heavy atom. The van der Waals surface area contributed by atoms with Crippen LogP contribution < -0.4 is 10.6 Å². The summed E-state index contributed by atoms with van der Waals surface area (Å²) in [5.74, 6) is 0.0338. The van der Waals surface area contributed by atoms with E-state index in [1.54, 1.807) is 0 Å². The van der Waals surface area contributed by atoms with Crippen molar-refractivity contribution < 1.29 is 4.79 Å². The maximum Gasteiger partial charge on any atom is 0.251 e. The van der Waals surface area contributed by atoms with Crippen LogP contribution in [0, 0.1) is 6.92 Å². The van der Waals surface area contributed by atoms with Crippen LogP contribution in [0.4, 0.5) is 5.69 Å². The average Bonchev–Trinajstić information content (AvgIpc) is 3.19. The molecule has 1 aliphatic carbocycles. The van der Waals surface area contributed by atoms with Crippen molar-refractivity contribution >= 4 is 23.4 Å². The number of thioether (sulfide) groups is 1. The Kier molecular flexibility index (Phi) is 4.40. The first kappa shape index (κ1) is 14.3. The van der Waals surface area contributed by atoms with Crippen LogP contribution >= 0.6 is 11.8 Å². The Hall–Kier alpha value is -1.16. The van der Waals surface area contributed by atoms with Crippen LogP contribution in [0.5, 0.6) is 0 Å². The lowest BCUT2D eigenvalue weighted by atomic mass is 10.1. The summed E-state index contributed by atoms with van der Waals surface area (Å²) < 4.78 is 0.314. The summed E-state index contributed by atoms with van der Waals surface area (Å²) in [6.07, 6.45) is 4.55. The van der Waals surface area contributed by atoms with Crippen molar-refractivity contribution in [3.63, 3.8) is 0 Å². The highest BCUT2D eigenvalue weighted by Crippen LogP contribution is 2.46. The Morgan fingerprint density at radius 3 is 2.68 bits per heavy atom. The van der Waals surface area contributed by atoms with E-state index in [-0.39, 0.29) is 5.91 Å². The zero-order valence-electron chi connectivity index (χ0n) is 11.9. The first-order valence-electron chi connectivity index (χ1n) is 6.78. The molecule has 1 aromatic carbocycles. The smallest absolute Gasteiger partial charge is 0.251 e. The first-order chi connectivity index (χ1) is 9.10. The van der Waals surface area contributed by atoms with E-state index in [0.29, 0.717) is 4.75 Å². The maximum atomic E-state index is 12.1. The van der Waals surface area contributed by atoms with Crippen LogP contribution in [0.2, 0.25) is 0 Å². The van der Waals surface area contributed by atoms with Gasteiger partial charge in [-0.25, -0.2) is 0 Å². The molecule has 1 amide bonds. The second kappa shape index (κ2) is 5.87. The number of benzene rings is 1. The zero-order chi connectivity index (χ0) is 13.9. The van der Waals surface area contributed by atoms with Gasteiger partial charge in [-0.05, 0) is 56.7 Å². The largest absolute Gasteiger partial charge is 0.385 e. The molecule has 19 heavy (non-hydrogen) atoms. The van der Waals surface area contributed by atoms with Crippen molar-refractivity contribution in [2.24, 2.45) is 0 Å². The number of amides is 1. The van der Waals surface area contributed by atoms with Gasteiger partial charge in [-0.2, -0.15) is 11.8 Å². The molecule has 0 aliphatic heterocycles. The van der Waals surface area contributed by atoms with Crippen LogP contribution in [0.3, 0.4) is 0 Å². The summed E-state index contributed by atoms with van der Waals surface area (Å²) in [5, 5.41) is 6.33. The van der Waals surface area contributed by atoms with E-state index in [1.807, 2.05) is 36.9 Å². The van der Waals surface area contributed by atoms with Crippen molar-refractivity contribution in [1.82, 2.24) is 5.32 Å². The molecule has 104 valence electrons. The van der Waals surface area contributed by atoms with Crippen LogP contribution in [0.1, 0.15) is 35.7 Å². The van der Waals surface area contributed by atoms with Crippen molar-refractivity contribution in [3.05, 3.63) is 29.3 Å². The molecule has 1 aliphatic rings. The SMILES string of the molecule is CCNc1ccc(C(=O)NCC2(SC)CC2)cc1C. The van der Waals surface area contributed by atoms with E-state index in [1.165, 1.54) is 12.8 Å². The number of carbonyl (C=O) groups excluding carboxylic acids is 1. The highest BCUT2D eigenvalue weighted by atomic mass is 32.2. The van der Waals surface area contributed by atoms with Gasteiger partial charge < -0.3 is 10.6 Å². The molecule has 2 rings (SSSR count). The van der Waals surface area contributed by atoms with Crippen LogP contribution in [0.25, 0.3) is 0 Å². The second-order valence-electron chi connectivity index (χ2n) is 5.13. The van der Waals surface area contributed by atoms with Gasteiger partial charge in [0, 0.05) is 29.1 Å². The topological polar surface area (TPSA) is 41.1 Å². The number of hydrogen-bond acceptors (Lipinski definition) is 3. The van der Waals surface area contributed by atoms with Crippen molar-refractivity contribution in [1.29, 1.82) is 0 Å². The van der Waals surface area contributed by atoms with Gasteiger partial charge in [0.15, 0.2) is 0 Å². The predicted molar refractivity (Wildman–Crippen MR) is 83.2 cm³/mol. The summed E-state index contributed by atoms with van der Waals surface area (Å²) >= 11 is 1.86. The van der Waals surface area contributed by atoms with Crippen molar-refractivity contribution in [2.45, 2.75) is 31.4 Å². The van der Waals surface area contributed by atoms with Crippen molar-refractivity contribution in [2.75, 3.05) is 24.7 Å². The molecular weight excluding hydrogens is 256 g/mol. The third-order valence-corrected chi connectivity index (χ3v) is 5.09. The zero-order valence-corrected chi connectivity index (χ0v) is 12.7. The quantitative estimate of drug-likeness (QED) is 0.840. The molecule has 2 N–H and O–H groups in total. The Bertz CT molecular complexity index is 469. The normalized spacial score (nSPS) is 15.9. The fourth-order valence-corrected chi connectivity index (χ4v) is 2.86. The van der Waals surface area contributed by atoms with Gasteiger partial charge in [0.2, 0.25) is 0 Å². The molecule has 0 atom stereocenters. The highest BCUT2D eigenvalue weighted by molar-refractivity contribution is 8.00. The van der Waals surface area contributed by atoms with Gasteiger partial charge >= 0.3 is 0 Å². The molecule has 1 saturated carbocycles. The molecule has 3 nitrogen and oxygen atoms in total. The summed E-state index contributed by atoms with van der Waals surface area (Å²) in [6, 6.07) is 5.82. The first-order valence-corrected chi connectivity index (χ1v) is 8.00. The lowest BCUT2D eigenvalue weighted by Crippen LogP contribution is -2.31. The number of aryl methyl sites for hydroxylation is 1. The van der Waals surface area contributed by atoms with E-state index >= 15 is 0 Å². The molecule has 0 radical (unpaired) electrons. The third-order valence-electron chi connectivity index (χ3n) is 3.67. The fourth-order valence-electron chi connectivity index (χ4n) is 2.13. The van der Waals surface area contributed by atoms with Crippen molar-refractivity contribution in [3.8, 4) is 0 Å². The maximum absolute atomic E-state index is 12.1. The highest BCUT2D eigenvalue weighted by Gasteiger charge is 2.41. The number of nitrogens with one attached hydrogen (secondary N) is 2. The average molecular weight is 278 g/mol. The van der Waals surface area contributed by atoms with Gasteiger partial charge in [0.25, 0.3) is 5.91 Å². The predicted octanol–water partition coefficient (Wildman–Crippen LogP) is 3.05. The van der Waals surface area contributed by atoms with Gasteiger partial charge in [0.05, 0.1) is 0 Å². The summed E-state index contributed by atoms with van der Waals surface area (Å²) in [4.78, 5) is 12.1. The summed E-state index contributed by atoms with van der Waals surface area (Å²) in [6.45, 7) is 5.76. The van der Waals surface area contributed by atoms with Gasteiger partial charge in [0.1, 0.15) is 0 Å². The molecule has 0 aromatic heterocycles. The minimum Gasteiger partial charge on any atom is -0.385 e. The van der Waals surface area contributed by atoms with E-state index in [2.05, 4.69) is 23.8 Å². The Morgan fingerprint density at radius 1 is 1.42 bits per heavy atom. The van der Waals surface area contributed by atoms with E-state index in [4.69, 9.17) is 0 Å². The molecule has 0 unspecified atom stereocenters. The summed E-state index contributed by atoms with van der Waals surface area (Å²) in [5.41, 5.74) is 2.96. The lowest BCUT2D eigenvalue weighted by Gasteiger charge is -2.14. The van der Waals surface area contributed by atoms with Gasteiger partial charge in [-0.1, -0.05) is 0 Å². The molecule has 4 heteroatoms. The lowest BCUT2D eigenvalue weighted by molar-refractivity contribution is 0.0953. The molecule has 1 aromatic rings. The Labute approximate surface area is 119 Å². The summed E-state index contributed by atoms with van der Waals surface area (Å²) in [7, 11) is 0. The third kappa shape index (κ3) is 3.44. The number of rotatable bonds is 6. The molecule has 0 saturated heterocycles. The fraction of sp³-hybridized carbons (Fsp3) is 0.533. The van der Waals surface area contributed by atoms with Gasteiger partial charge in [-0.15, -0.1) is 0 Å². The van der Waals surface area contributed by atoms with E-state index < -0.39 is 0 Å². The van der Waals surface area contributed by atoms with E-state index in [9.17, 15) is 4.79 Å². The minimum atomic E-state index is 0.0338. The molecule has 0 spiro atoms. The second-order valence-corrected chi connectivity index (χ2v) is 6.40. The van der Waals surface area contributed by atoms with Gasteiger partial charge in [-0.3, -0.25) is 4.79 Å². The van der Waals surface area contributed by atoms with Crippen LogP contribution in [-0.4, -0.2) is 30.0 Å².